The van der Waals surface area contributed by atoms with Crippen LogP contribution in [0.3, 0.4) is 0 Å². The maximum Gasteiger partial charge on any atom is 0.352 e. The minimum absolute atomic E-state index is 0.315. The highest BCUT2D eigenvalue weighted by Gasteiger charge is 2.12. The second kappa shape index (κ2) is 3.14. The third-order valence-corrected chi connectivity index (χ3v) is 2.24. The lowest BCUT2D eigenvalue weighted by Gasteiger charge is -2.02. The van der Waals surface area contributed by atoms with Crippen molar-refractivity contribution in [2.75, 3.05) is 0 Å². The highest BCUT2D eigenvalue weighted by Crippen LogP contribution is 2.18. The molecule has 0 radical (unpaired) electrons. The molecular weight excluding hydrogens is 180 g/mol. The number of carboxylic acid groups (broad SMARTS) is 1. The van der Waals surface area contributed by atoms with Crippen LogP contribution in [0.25, 0.3) is 10.9 Å². The predicted molar refractivity (Wildman–Crippen MR) is 52.4 cm³/mol. The van der Waals surface area contributed by atoms with Crippen molar-refractivity contribution in [3.8, 4) is 0 Å². The number of aryl methyl sites for hydroxylation is 1. The topological polar surface area (TPSA) is 55.1 Å². The van der Waals surface area contributed by atoms with E-state index in [0.717, 1.165) is 10.9 Å². The van der Waals surface area contributed by atoms with Gasteiger partial charge in [-0.15, -0.1) is 0 Å². The number of aromatic carboxylic acids is 1. The third kappa shape index (κ3) is 1.16. The molecule has 14 heavy (non-hydrogen) atoms. The summed E-state index contributed by atoms with van der Waals surface area (Å²) in [4.78, 5) is 14.9. The molecule has 0 saturated heterocycles. The van der Waals surface area contributed by atoms with Crippen LogP contribution in [-0.4, -0.2) is 20.6 Å². The van der Waals surface area contributed by atoms with Gasteiger partial charge in [-0.25, -0.2) is 4.79 Å². The van der Waals surface area contributed by atoms with Crippen molar-refractivity contribution in [1.82, 2.24) is 9.55 Å². The number of carbonyl (C=O) groups is 1. The van der Waals surface area contributed by atoms with E-state index in [2.05, 4.69) is 4.98 Å². The summed E-state index contributed by atoms with van der Waals surface area (Å²) in [7, 11) is 0. The second-order valence-corrected chi connectivity index (χ2v) is 3.01. The number of rotatable bonds is 2. The molecule has 0 aliphatic rings. The molecule has 0 bridgehead atoms. The van der Waals surface area contributed by atoms with Crippen LogP contribution in [0.4, 0.5) is 0 Å². The largest absolute Gasteiger partial charge is 0.477 e. The molecule has 4 heteroatoms. The molecule has 0 unspecified atom stereocenters. The Morgan fingerprint density at radius 1 is 1.64 bits per heavy atom. The Balaban J connectivity index is 2.78. The van der Waals surface area contributed by atoms with Gasteiger partial charge in [0.2, 0.25) is 0 Å². The molecule has 2 aromatic rings. The number of fused-ring (bicyclic) bond motifs is 1. The van der Waals surface area contributed by atoms with Crippen LogP contribution in [0.5, 0.6) is 0 Å². The zero-order valence-electron chi connectivity index (χ0n) is 7.77. The fourth-order valence-corrected chi connectivity index (χ4v) is 1.62. The van der Waals surface area contributed by atoms with Crippen LogP contribution < -0.4 is 0 Å². The number of aromatic nitrogens is 2. The van der Waals surface area contributed by atoms with Crippen LogP contribution in [0.2, 0.25) is 0 Å². The van der Waals surface area contributed by atoms with E-state index in [1.54, 1.807) is 23.0 Å². The lowest BCUT2D eigenvalue weighted by molar-refractivity contribution is 0.0686. The van der Waals surface area contributed by atoms with Gasteiger partial charge in [-0.05, 0) is 19.1 Å². The number of nitrogens with zero attached hydrogens (tertiary/aromatic N) is 2. The van der Waals surface area contributed by atoms with Crippen molar-refractivity contribution < 1.29 is 9.90 Å². The fraction of sp³-hybridized carbons (Fsp3) is 0.200. The van der Waals surface area contributed by atoms with Gasteiger partial charge >= 0.3 is 5.97 Å². The molecule has 0 aromatic carbocycles. The molecule has 0 saturated carbocycles. The Morgan fingerprint density at radius 2 is 2.43 bits per heavy atom. The Hall–Kier alpha value is -1.84. The van der Waals surface area contributed by atoms with E-state index in [0.29, 0.717) is 12.2 Å². The van der Waals surface area contributed by atoms with Crippen molar-refractivity contribution >= 4 is 16.9 Å². The molecule has 4 nitrogen and oxygen atoms in total. The number of hydrogen-bond acceptors (Lipinski definition) is 2. The Labute approximate surface area is 80.8 Å². The summed E-state index contributed by atoms with van der Waals surface area (Å²) in [6.07, 6.45) is 3.35. The molecule has 2 aromatic heterocycles. The van der Waals surface area contributed by atoms with E-state index in [9.17, 15) is 4.79 Å². The van der Waals surface area contributed by atoms with Crippen LogP contribution in [0, 0.1) is 0 Å². The van der Waals surface area contributed by atoms with E-state index in [1.807, 2.05) is 13.0 Å². The zero-order valence-corrected chi connectivity index (χ0v) is 7.77. The normalized spacial score (nSPS) is 10.6. The summed E-state index contributed by atoms with van der Waals surface area (Å²) >= 11 is 0. The Morgan fingerprint density at radius 3 is 3.07 bits per heavy atom. The van der Waals surface area contributed by atoms with Gasteiger partial charge in [0, 0.05) is 18.1 Å². The van der Waals surface area contributed by atoms with Crippen molar-refractivity contribution in [2.45, 2.75) is 13.5 Å². The maximum atomic E-state index is 10.9. The van der Waals surface area contributed by atoms with Gasteiger partial charge in [0.15, 0.2) is 0 Å². The summed E-state index contributed by atoms with van der Waals surface area (Å²) < 4.78 is 1.74. The highest BCUT2D eigenvalue weighted by atomic mass is 16.4. The van der Waals surface area contributed by atoms with E-state index >= 15 is 0 Å². The summed E-state index contributed by atoms with van der Waals surface area (Å²) in [6.45, 7) is 2.55. The van der Waals surface area contributed by atoms with Crippen LogP contribution in [0.1, 0.15) is 17.4 Å². The summed E-state index contributed by atoms with van der Waals surface area (Å²) in [6, 6.07) is 3.48. The van der Waals surface area contributed by atoms with Crippen LogP contribution in [0.15, 0.2) is 24.5 Å². The van der Waals surface area contributed by atoms with Gasteiger partial charge in [0.05, 0.1) is 11.7 Å². The van der Waals surface area contributed by atoms with E-state index in [-0.39, 0.29) is 0 Å². The number of hydrogen-bond donors (Lipinski definition) is 1. The molecule has 0 aliphatic carbocycles. The van der Waals surface area contributed by atoms with Crippen LogP contribution in [-0.2, 0) is 6.54 Å². The van der Waals surface area contributed by atoms with Gasteiger partial charge < -0.3 is 9.67 Å². The summed E-state index contributed by atoms with van der Waals surface area (Å²) in [5.74, 6) is -0.900. The molecule has 72 valence electrons. The van der Waals surface area contributed by atoms with Gasteiger partial charge in [-0.1, -0.05) is 0 Å². The first-order valence-electron chi connectivity index (χ1n) is 4.40. The Bertz CT molecular complexity index is 488. The molecule has 2 rings (SSSR count). The summed E-state index contributed by atoms with van der Waals surface area (Å²) in [5.41, 5.74) is 1.18. The van der Waals surface area contributed by atoms with E-state index in [4.69, 9.17) is 5.11 Å². The predicted octanol–water partition coefficient (Wildman–Crippen LogP) is 1.75. The average molecular weight is 190 g/mol. The van der Waals surface area contributed by atoms with Crippen molar-refractivity contribution in [1.29, 1.82) is 0 Å². The Kier molecular flexibility index (Phi) is 1.96. The maximum absolute atomic E-state index is 10.9. The van der Waals surface area contributed by atoms with Gasteiger partial charge in [0.1, 0.15) is 5.69 Å². The molecule has 0 atom stereocenters. The quantitative estimate of drug-likeness (QED) is 0.784. The smallest absolute Gasteiger partial charge is 0.352 e. The third-order valence-electron chi connectivity index (χ3n) is 2.24. The zero-order chi connectivity index (χ0) is 10.1. The molecule has 0 amide bonds. The van der Waals surface area contributed by atoms with Crippen molar-refractivity contribution in [3.63, 3.8) is 0 Å². The monoisotopic (exact) mass is 190 g/mol. The molecular formula is C10H10N2O2. The first-order valence-corrected chi connectivity index (χ1v) is 4.40. The average Bonchev–Trinajstić information content (AvgIpc) is 2.56. The SMILES string of the molecule is CCn1c(C(=O)O)cc2ccncc21. The lowest BCUT2D eigenvalue weighted by atomic mass is 10.3. The molecule has 1 N–H and O–H groups in total. The summed E-state index contributed by atoms with van der Waals surface area (Å²) in [5, 5.41) is 9.87. The first-order chi connectivity index (χ1) is 6.74. The van der Waals surface area contributed by atoms with Gasteiger partial charge in [0.25, 0.3) is 0 Å². The van der Waals surface area contributed by atoms with Crippen LogP contribution >= 0.6 is 0 Å². The van der Waals surface area contributed by atoms with Crippen molar-refractivity contribution in [2.24, 2.45) is 0 Å². The first kappa shape index (κ1) is 8.74. The minimum atomic E-state index is -0.900. The second-order valence-electron chi connectivity index (χ2n) is 3.01. The van der Waals surface area contributed by atoms with Gasteiger partial charge in [-0.3, -0.25) is 4.98 Å². The fourth-order valence-electron chi connectivity index (χ4n) is 1.62. The molecule has 0 aliphatic heterocycles. The molecule has 2 heterocycles. The highest BCUT2D eigenvalue weighted by molar-refractivity contribution is 5.94. The number of carboxylic acids is 1. The number of pyridine rings is 1. The van der Waals surface area contributed by atoms with E-state index < -0.39 is 5.97 Å². The standard InChI is InChI=1S/C10H10N2O2/c1-2-12-8(10(13)14)5-7-3-4-11-6-9(7)12/h3-6H,2H2,1H3,(H,13,14). The van der Waals surface area contributed by atoms with E-state index in [1.165, 1.54) is 0 Å². The minimum Gasteiger partial charge on any atom is -0.477 e. The molecule has 0 spiro atoms. The molecule has 0 fully saturated rings. The van der Waals surface area contributed by atoms with Gasteiger partial charge in [-0.2, -0.15) is 0 Å². The van der Waals surface area contributed by atoms with Crippen molar-refractivity contribution in [3.05, 3.63) is 30.2 Å². The lowest BCUT2D eigenvalue weighted by Crippen LogP contribution is -2.06.